The Morgan fingerprint density at radius 2 is 1.48 bits per heavy atom. The smallest absolute Gasteiger partial charge is 0.321 e. The minimum absolute atomic E-state index is 0.107. The van der Waals surface area contributed by atoms with Crippen LogP contribution in [-0.4, -0.2) is 30.6 Å². The molecule has 0 saturated heterocycles. The molecule has 6 nitrogen and oxygen atoms in total. The average molecular weight is 366 g/mol. The molecule has 2 N–H and O–H groups in total. The van der Waals surface area contributed by atoms with Gasteiger partial charge < -0.3 is 10.1 Å². The molecular formula is C21H22N2O4. The van der Waals surface area contributed by atoms with E-state index in [1.54, 1.807) is 0 Å². The molecule has 3 amide bonds. The van der Waals surface area contributed by atoms with Crippen LogP contribution < -0.4 is 10.6 Å². The first-order valence-electron chi connectivity index (χ1n) is 8.97. The van der Waals surface area contributed by atoms with Gasteiger partial charge in [-0.05, 0) is 24.0 Å². The minimum atomic E-state index is -0.641. The van der Waals surface area contributed by atoms with Crippen molar-refractivity contribution in [1.29, 1.82) is 0 Å². The lowest BCUT2D eigenvalue weighted by Crippen LogP contribution is -2.42. The number of nitrogens with one attached hydrogen (secondary N) is 2. The van der Waals surface area contributed by atoms with Gasteiger partial charge in [-0.2, -0.15) is 0 Å². The maximum Gasteiger partial charge on any atom is 0.321 e. The molecule has 6 heteroatoms. The molecule has 0 unspecified atom stereocenters. The largest absolute Gasteiger partial charge is 0.456 e. The molecule has 2 aromatic carbocycles. The van der Waals surface area contributed by atoms with Gasteiger partial charge in [-0.1, -0.05) is 60.7 Å². The van der Waals surface area contributed by atoms with Crippen molar-refractivity contribution in [3.8, 4) is 0 Å². The fraction of sp³-hybridized carbons (Fsp3) is 0.286. The maximum absolute atomic E-state index is 12.3. The third-order valence-corrected chi connectivity index (χ3v) is 4.30. The van der Waals surface area contributed by atoms with Crippen LogP contribution in [0.1, 0.15) is 36.3 Å². The van der Waals surface area contributed by atoms with Gasteiger partial charge in [-0.25, -0.2) is 4.79 Å². The Hall–Kier alpha value is -3.15. The van der Waals surface area contributed by atoms with Crippen molar-refractivity contribution >= 4 is 17.9 Å². The monoisotopic (exact) mass is 366 g/mol. The number of hydrogen-bond acceptors (Lipinski definition) is 4. The Morgan fingerprint density at radius 1 is 0.926 bits per heavy atom. The van der Waals surface area contributed by atoms with E-state index in [9.17, 15) is 14.4 Å². The number of carbonyl (C=O) groups excluding carboxylic acids is 3. The number of rotatable bonds is 7. The normalized spacial score (nSPS) is 13.1. The van der Waals surface area contributed by atoms with E-state index in [2.05, 4.69) is 10.6 Å². The number of urea groups is 1. The summed E-state index contributed by atoms with van der Waals surface area (Å²) in [4.78, 5) is 35.5. The molecule has 0 bridgehead atoms. The first-order valence-corrected chi connectivity index (χ1v) is 8.97. The summed E-state index contributed by atoms with van der Waals surface area (Å²) in [6.45, 7) is -0.479. The second-order valence-corrected chi connectivity index (χ2v) is 6.53. The van der Waals surface area contributed by atoms with E-state index < -0.39 is 24.5 Å². The number of esters is 1. The molecule has 0 heterocycles. The Morgan fingerprint density at radius 3 is 2.00 bits per heavy atom. The van der Waals surface area contributed by atoms with Crippen LogP contribution >= 0.6 is 0 Å². The van der Waals surface area contributed by atoms with Crippen molar-refractivity contribution in [2.75, 3.05) is 6.61 Å². The third kappa shape index (κ3) is 5.95. The fourth-order valence-electron chi connectivity index (χ4n) is 2.78. The molecule has 1 fully saturated rings. The first-order chi connectivity index (χ1) is 13.1. The highest BCUT2D eigenvalue weighted by molar-refractivity contribution is 5.95. The van der Waals surface area contributed by atoms with Crippen LogP contribution in [0.2, 0.25) is 0 Å². The van der Waals surface area contributed by atoms with Gasteiger partial charge in [-0.15, -0.1) is 0 Å². The van der Waals surface area contributed by atoms with Crippen molar-refractivity contribution in [2.24, 2.45) is 0 Å². The highest BCUT2D eigenvalue weighted by Crippen LogP contribution is 2.28. The number of carbonyl (C=O) groups is 3. The molecule has 1 saturated carbocycles. The highest BCUT2D eigenvalue weighted by Gasteiger charge is 2.24. The lowest BCUT2D eigenvalue weighted by atomic mass is 9.89. The lowest BCUT2D eigenvalue weighted by molar-refractivity contribution is -0.148. The van der Waals surface area contributed by atoms with Crippen LogP contribution in [0.15, 0.2) is 60.7 Å². The van der Waals surface area contributed by atoms with E-state index in [0.29, 0.717) is 0 Å². The summed E-state index contributed by atoms with van der Waals surface area (Å²) in [7, 11) is 0. The van der Waals surface area contributed by atoms with E-state index in [0.717, 1.165) is 24.0 Å². The van der Waals surface area contributed by atoms with Crippen LogP contribution in [-0.2, 0) is 14.3 Å². The Labute approximate surface area is 157 Å². The lowest BCUT2D eigenvalue weighted by Gasteiger charge is -2.17. The summed E-state index contributed by atoms with van der Waals surface area (Å²) in [5.74, 6) is -1.30. The van der Waals surface area contributed by atoms with Gasteiger partial charge in [0.1, 0.15) is 0 Å². The summed E-state index contributed by atoms with van der Waals surface area (Å²) < 4.78 is 5.07. The average Bonchev–Trinajstić information content (AvgIpc) is 3.49. The summed E-state index contributed by atoms with van der Waals surface area (Å²) in [6.07, 6.45) is 1.96. The van der Waals surface area contributed by atoms with Crippen molar-refractivity contribution in [3.05, 3.63) is 71.8 Å². The minimum Gasteiger partial charge on any atom is -0.456 e. The van der Waals surface area contributed by atoms with Crippen molar-refractivity contribution in [2.45, 2.75) is 31.2 Å². The molecule has 1 aliphatic rings. The summed E-state index contributed by atoms with van der Waals surface area (Å²) in [5, 5.41) is 4.79. The zero-order chi connectivity index (χ0) is 19.1. The number of imide groups is 1. The molecule has 27 heavy (non-hydrogen) atoms. The summed E-state index contributed by atoms with van der Waals surface area (Å²) in [6, 6.07) is 18.9. The van der Waals surface area contributed by atoms with Crippen LogP contribution in [0, 0.1) is 0 Å². The molecule has 140 valence electrons. The predicted molar refractivity (Wildman–Crippen MR) is 100.0 cm³/mol. The van der Waals surface area contributed by atoms with Crippen LogP contribution in [0.5, 0.6) is 0 Å². The fourth-order valence-corrected chi connectivity index (χ4v) is 2.78. The second kappa shape index (κ2) is 8.98. The highest BCUT2D eigenvalue weighted by atomic mass is 16.5. The molecule has 0 spiro atoms. The summed E-state index contributed by atoms with van der Waals surface area (Å²) in [5.41, 5.74) is 1.99. The molecule has 0 aromatic heterocycles. The van der Waals surface area contributed by atoms with Crippen molar-refractivity contribution in [3.63, 3.8) is 0 Å². The van der Waals surface area contributed by atoms with Gasteiger partial charge in [0, 0.05) is 12.0 Å². The molecule has 0 radical (unpaired) electrons. The van der Waals surface area contributed by atoms with Crippen LogP contribution in [0.3, 0.4) is 0 Å². The maximum atomic E-state index is 12.3. The van der Waals surface area contributed by atoms with Gasteiger partial charge in [0.05, 0.1) is 6.42 Å². The van der Waals surface area contributed by atoms with Crippen LogP contribution in [0.25, 0.3) is 0 Å². The second-order valence-electron chi connectivity index (χ2n) is 6.53. The Balaban J connectivity index is 1.54. The summed E-state index contributed by atoms with van der Waals surface area (Å²) >= 11 is 0. The molecule has 0 aliphatic heterocycles. The molecular weight excluding hydrogens is 344 g/mol. The zero-order valence-corrected chi connectivity index (χ0v) is 14.9. The third-order valence-electron chi connectivity index (χ3n) is 4.30. The van der Waals surface area contributed by atoms with Crippen molar-refractivity contribution < 1.29 is 19.1 Å². The van der Waals surface area contributed by atoms with Gasteiger partial charge in [0.2, 0.25) is 0 Å². The number of ether oxygens (including phenoxy) is 1. The SMILES string of the molecule is O=C(COC(=O)CC(c1ccccc1)c1ccccc1)NC(=O)NC1CC1. The van der Waals surface area contributed by atoms with E-state index in [1.165, 1.54) is 0 Å². The molecule has 1 aliphatic carbocycles. The van der Waals surface area contributed by atoms with Gasteiger partial charge in [-0.3, -0.25) is 14.9 Å². The quantitative estimate of drug-likeness (QED) is 0.738. The van der Waals surface area contributed by atoms with Crippen LogP contribution in [0.4, 0.5) is 4.79 Å². The van der Waals surface area contributed by atoms with Gasteiger partial charge in [0.25, 0.3) is 5.91 Å². The zero-order valence-electron chi connectivity index (χ0n) is 14.9. The number of hydrogen-bond donors (Lipinski definition) is 2. The Bertz CT molecular complexity index is 749. The predicted octanol–water partition coefficient (Wildman–Crippen LogP) is 2.74. The van der Waals surface area contributed by atoms with E-state index in [1.807, 2.05) is 60.7 Å². The standard InChI is InChI=1S/C21H22N2O4/c24-19(23-21(26)22-17-11-12-17)14-27-20(25)13-18(15-7-3-1-4-8-15)16-9-5-2-6-10-16/h1-10,17-18H,11-14H2,(H2,22,23,24,26). The van der Waals surface area contributed by atoms with E-state index >= 15 is 0 Å². The van der Waals surface area contributed by atoms with Crippen molar-refractivity contribution in [1.82, 2.24) is 10.6 Å². The number of amides is 3. The molecule has 3 rings (SSSR count). The van der Waals surface area contributed by atoms with E-state index in [4.69, 9.17) is 4.74 Å². The molecule has 0 atom stereocenters. The number of benzene rings is 2. The van der Waals surface area contributed by atoms with Gasteiger partial charge >= 0.3 is 12.0 Å². The van der Waals surface area contributed by atoms with Gasteiger partial charge in [0.15, 0.2) is 6.61 Å². The Kier molecular flexibility index (Phi) is 6.20. The topological polar surface area (TPSA) is 84.5 Å². The van der Waals surface area contributed by atoms with E-state index in [-0.39, 0.29) is 18.4 Å². The first kappa shape index (κ1) is 18.6. The molecule has 2 aromatic rings.